The molecule has 4 heteroatoms. The fraction of sp³-hybridized carbons (Fsp3) is 0.263. The van der Waals surface area contributed by atoms with Crippen molar-refractivity contribution in [3.8, 4) is 0 Å². The highest BCUT2D eigenvalue weighted by Crippen LogP contribution is 2.32. The predicted octanol–water partition coefficient (Wildman–Crippen LogP) is 4.01. The van der Waals surface area contributed by atoms with Crippen LogP contribution in [0.4, 0.5) is 10.1 Å². The standard InChI is InChI=1S/C19H18FNO2/c1-3-13-4-6-14(7-5-13)19(23)21-12(2)10-18(22)16-11-15(20)8-9-17(16)21/h4-9,11-12H,3,10H2,1-2H3/t12-/m0/s1. The SMILES string of the molecule is CCc1ccc(C(=O)N2c3ccc(F)cc3C(=O)C[C@@H]2C)cc1. The molecule has 0 saturated carbocycles. The summed E-state index contributed by atoms with van der Waals surface area (Å²) in [6.45, 7) is 3.89. The van der Waals surface area contributed by atoms with E-state index in [0.29, 0.717) is 11.3 Å². The van der Waals surface area contributed by atoms with Gasteiger partial charge in [0.25, 0.3) is 5.91 Å². The van der Waals surface area contributed by atoms with Crippen LogP contribution in [0.25, 0.3) is 0 Å². The van der Waals surface area contributed by atoms with Gasteiger partial charge in [0.2, 0.25) is 0 Å². The van der Waals surface area contributed by atoms with Gasteiger partial charge in [-0.2, -0.15) is 0 Å². The van der Waals surface area contributed by atoms with Crippen molar-refractivity contribution in [1.82, 2.24) is 0 Å². The van der Waals surface area contributed by atoms with Gasteiger partial charge >= 0.3 is 0 Å². The third-order valence-electron chi connectivity index (χ3n) is 4.27. The van der Waals surface area contributed by atoms with Crippen LogP contribution in [0.2, 0.25) is 0 Å². The molecular weight excluding hydrogens is 293 g/mol. The van der Waals surface area contributed by atoms with E-state index >= 15 is 0 Å². The molecule has 0 saturated heterocycles. The van der Waals surface area contributed by atoms with Crippen LogP contribution in [0.1, 0.15) is 46.5 Å². The molecule has 0 aromatic heterocycles. The molecule has 1 amide bonds. The van der Waals surface area contributed by atoms with Crippen LogP contribution in [0.15, 0.2) is 42.5 Å². The van der Waals surface area contributed by atoms with Crippen LogP contribution in [-0.4, -0.2) is 17.7 Å². The number of carbonyl (C=O) groups is 2. The van der Waals surface area contributed by atoms with Crippen molar-refractivity contribution in [2.24, 2.45) is 0 Å². The van der Waals surface area contributed by atoms with E-state index in [9.17, 15) is 14.0 Å². The Morgan fingerprint density at radius 2 is 1.91 bits per heavy atom. The second-order valence-electron chi connectivity index (χ2n) is 5.86. The number of aryl methyl sites for hydroxylation is 1. The molecule has 0 N–H and O–H groups in total. The molecule has 2 aromatic carbocycles. The Morgan fingerprint density at radius 1 is 1.22 bits per heavy atom. The Bertz CT molecular complexity index is 767. The van der Waals surface area contributed by atoms with Crippen molar-refractivity contribution in [1.29, 1.82) is 0 Å². The molecular formula is C19H18FNO2. The Morgan fingerprint density at radius 3 is 2.57 bits per heavy atom. The largest absolute Gasteiger partial charge is 0.304 e. The fourth-order valence-electron chi connectivity index (χ4n) is 2.98. The summed E-state index contributed by atoms with van der Waals surface area (Å²) in [6.07, 6.45) is 1.11. The number of nitrogens with zero attached hydrogens (tertiary/aromatic N) is 1. The Kier molecular flexibility index (Phi) is 3.99. The summed E-state index contributed by atoms with van der Waals surface area (Å²) in [5.74, 6) is -0.760. The van der Waals surface area contributed by atoms with Crippen molar-refractivity contribution >= 4 is 17.4 Å². The molecule has 1 aliphatic heterocycles. The number of amides is 1. The Balaban J connectivity index is 2.02. The maximum atomic E-state index is 13.4. The molecule has 0 unspecified atom stereocenters. The third kappa shape index (κ3) is 2.77. The van der Waals surface area contributed by atoms with Gasteiger partial charge in [0.1, 0.15) is 5.82 Å². The van der Waals surface area contributed by atoms with E-state index in [0.717, 1.165) is 12.0 Å². The van der Waals surface area contributed by atoms with E-state index < -0.39 is 5.82 Å². The lowest BCUT2D eigenvalue weighted by molar-refractivity contribution is 0.0936. The summed E-state index contributed by atoms with van der Waals surface area (Å²) >= 11 is 0. The maximum absolute atomic E-state index is 13.4. The van der Waals surface area contributed by atoms with Crippen LogP contribution in [-0.2, 0) is 6.42 Å². The van der Waals surface area contributed by atoms with Crippen LogP contribution < -0.4 is 4.90 Å². The summed E-state index contributed by atoms with van der Waals surface area (Å²) in [4.78, 5) is 26.6. The summed E-state index contributed by atoms with van der Waals surface area (Å²) in [6, 6.07) is 11.2. The van der Waals surface area contributed by atoms with Gasteiger partial charge in [-0.15, -0.1) is 0 Å². The summed E-state index contributed by atoms with van der Waals surface area (Å²) in [5.41, 5.74) is 2.49. The minimum Gasteiger partial charge on any atom is -0.304 e. The number of Topliss-reactive ketones (excluding diaryl/α,β-unsaturated/α-hetero) is 1. The molecule has 0 spiro atoms. The van der Waals surface area contributed by atoms with Crippen LogP contribution >= 0.6 is 0 Å². The van der Waals surface area contributed by atoms with Crippen molar-refractivity contribution in [3.63, 3.8) is 0 Å². The molecule has 0 radical (unpaired) electrons. The minimum atomic E-state index is -0.466. The molecule has 0 aliphatic carbocycles. The second-order valence-corrected chi connectivity index (χ2v) is 5.86. The minimum absolute atomic E-state index is 0.127. The number of fused-ring (bicyclic) bond motifs is 1. The molecule has 0 bridgehead atoms. The van der Waals surface area contributed by atoms with E-state index in [2.05, 4.69) is 6.92 Å². The van der Waals surface area contributed by atoms with E-state index in [1.54, 1.807) is 17.0 Å². The number of carbonyl (C=O) groups excluding carboxylic acids is 2. The molecule has 1 atom stereocenters. The fourth-order valence-corrected chi connectivity index (χ4v) is 2.98. The van der Waals surface area contributed by atoms with Gasteiger partial charge in [0, 0.05) is 23.6 Å². The highest BCUT2D eigenvalue weighted by Gasteiger charge is 2.33. The Hall–Kier alpha value is -2.49. The third-order valence-corrected chi connectivity index (χ3v) is 4.27. The number of hydrogen-bond acceptors (Lipinski definition) is 2. The van der Waals surface area contributed by atoms with E-state index in [1.165, 1.54) is 18.2 Å². The second kappa shape index (κ2) is 5.95. The van der Waals surface area contributed by atoms with E-state index in [1.807, 2.05) is 19.1 Å². The van der Waals surface area contributed by atoms with Gasteiger partial charge < -0.3 is 4.90 Å². The Labute approximate surface area is 134 Å². The average molecular weight is 311 g/mol. The lowest BCUT2D eigenvalue weighted by Gasteiger charge is -2.34. The van der Waals surface area contributed by atoms with Crippen LogP contribution in [0.3, 0.4) is 0 Å². The summed E-state index contributed by atoms with van der Waals surface area (Å²) < 4.78 is 13.4. The van der Waals surface area contributed by atoms with Gasteiger partial charge in [-0.25, -0.2) is 4.39 Å². The maximum Gasteiger partial charge on any atom is 0.258 e. The molecule has 1 heterocycles. The van der Waals surface area contributed by atoms with Gasteiger partial charge in [-0.05, 0) is 49.2 Å². The van der Waals surface area contributed by atoms with E-state index in [-0.39, 0.29) is 29.7 Å². The first-order valence-corrected chi connectivity index (χ1v) is 7.76. The first kappa shape index (κ1) is 15.4. The summed E-state index contributed by atoms with van der Waals surface area (Å²) in [5, 5.41) is 0. The zero-order valence-corrected chi connectivity index (χ0v) is 13.2. The lowest BCUT2D eigenvalue weighted by Crippen LogP contribution is -2.44. The summed E-state index contributed by atoms with van der Waals surface area (Å²) in [7, 11) is 0. The number of hydrogen-bond donors (Lipinski definition) is 0. The lowest BCUT2D eigenvalue weighted by atomic mass is 9.94. The number of anilines is 1. The molecule has 118 valence electrons. The van der Waals surface area contributed by atoms with Crippen molar-refractivity contribution < 1.29 is 14.0 Å². The van der Waals surface area contributed by atoms with Crippen molar-refractivity contribution in [3.05, 3.63) is 65.0 Å². The predicted molar refractivity (Wildman–Crippen MR) is 87.4 cm³/mol. The number of rotatable bonds is 2. The zero-order valence-electron chi connectivity index (χ0n) is 13.2. The monoisotopic (exact) mass is 311 g/mol. The van der Waals surface area contributed by atoms with Crippen LogP contribution in [0.5, 0.6) is 0 Å². The number of halogens is 1. The average Bonchev–Trinajstić information content (AvgIpc) is 2.55. The van der Waals surface area contributed by atoms with Crippen molar-refractivity contribution in [2.75, 3.05) is 4.90 Å². The van der Waals surface area contributed by atoms with Crippen LogP contribution in [0, 0.1) is 5.82 Å². The highest BCUT2D eigenvalue weighted by atomic mass is 19.1. The van der Waals surface area contributed by atoms with E-state index in [4.69, 9.17) is 0 Å². The van der Waals surface area contributed by atoms with Gasteiger partial charge in [-0.3, -0.25) is 9.59 Å². The first-order chi connectivity index (χ1) is 11.0. The molecule has 3 nitrogen and oxygen atoms in total. The molecule has 23 heavy (non-hydrogen) atoms. The van der Waals surface area contributed by atoms with Gasteiger partial charge in [0.15, 0.2) is 5.78 Å². The normalized spacial score (nSPS) is 17.1. The quantitative estimate of drug-likeness (QED) is 0.840. The zero-order chi connectivity index (χ0) is 16.6. The topological polar surface area (TPSA) is 37.4 Å². The van der Waals surface area contributed by atoms with Crippen molar-refractivity contribution in [2.45, 2.75) is 32.7 Å². The number of ketones is 1. The van der Waals surface area contributed by atoms with Gasteiger partial charge in [-0.1, -0.05) is 19.1 Å². The number of benzene rings is 2. The first-order valence-electron chi connectivity index (χ1n) is 7.76. The molecule has 1 aliphatic rings. The smallest absolute Gasteiger partial charge is 0.258 e. The molecule has 0 fully saturated rings. The molecule has 3 rings (SSSR count). The molecule has 2 aromatic rings. The highest BCUT2D eigenvalue weighted by molar-refractivity contribution is 6.13. The van der Waals surface area contributed by atoms with Gasteiger partial charge in [0.05, 0.1) is 5.69 Å².